The van der Waals surface area contributed by atoms with Gasteiger partial charge in [-0.05, 0) is 122 Å². The minimum Gasteiger partial charge on any atom is -0.756 e. The monoisotopic (exact) mass is 1090 g/mol. The van der Waals surface area contributed by atoms with Crippen molar-refractivity contribution in [3.05, 3.63) is 122 Å². The van der Waals surface area contributed by atoms with Crippen LogP contribution >= 0.6 is 7.82 Å². The molecule has 440 valence electrons. The van der Waals surface area contributed by atoms with Gasteiger partial charge in [0.25, 0.3) is 7.82 Å². The van der Waals surface area contributed by atoms with E-state index in [-0.39, 0.29) is 25.4 Å². The number of likely N-dealkylation sites (N-methyl/N-ethyl adjacent to an activating group) is 1. The zero-order valence-electron chi connectivity index (χ0n) is 50.1. The quantitative estimate of drug-likeness (QED) is 0.0212. The first-order valence-corrected chi connectivity index (χ1v) is 32.3. The van der Waals surface area contributed by atoms with Gasteiger partial charge in [-0.1, -0.05) is 226 Å². The van der Waals surface area contributed by atoms with Crippen LogP contribution in [0.1, 0.15) is 239 Å². The van der Waals surface area contributed by atoms with Crippen LogP contribution in [-0.4, -0.2) is 69.4 Å². The third kappa shape index (κ3) is 56.9. The third-order valence-corrected chi connectivity index (χ3v) is 13.8. The largest absolute Gasteiger partial charge is 0.756 e. The Balaban J connectivity index is 5.35. The number of allylic oxidation sites excluding steroid dienone is 19. The molecule has 3 atom stereocenters. The van der Waals surface area contributed by atoms with Crippen molar-refractivity contribution in [2.24, 2.45) is 0 Å². The number of hydrogen-bond acceptors (Lipinski definition) is 7. The molecule has 3 unspecified atom stereocenters. The lowest BCUT2D eigenvalue weighted by molar-refractivity contribution is -0.870. The SMILES string of the molecule is CC/C=C\C/C=C\C/C=C\C/C=C\C/C=C\C/C=C\CCCCC(=O)OC(/C=C/CCCCCCCCCCC)C(COP(=O)([O-])OCC[N+](C)(C)C)NC(=O)CCCCCCCC/C=C\C/C=C\C/C=C\CCCCC. The number of nitrogens with zero attached hydrogens (tertiary/aromatic N) is 1. The lowest BCUT2D eigenvalue weighted by atomic mass is 10.1. The Morgan fingerprint density at radius 1 is 0.468 bits per heavy atom. The van der Waals surface area contributed by atoms with Crippen LogP contribution in [-0.2, 0) is 27.9 Å². The van der Waals surface area contributed by atoms with Crippen LogP contribution in [0.3, 0.4) is 0 Å². The topological polar surface area (TPSA) is 114 Å². The molecule has 0 radical (unpaired) electrons. The van der Waals surface area contributed by atoms with E-state index in [2.05, 4.69) is 135 Å². The fraction of sp³-hybridized carbons (Fsp3) is 0.672. The average molecular weight is 1090 g/mol. The average Bonchev–Trinajstić information content (AvgIpc) is 3.39. The number of carbonyl (C=O) groups is 2. The molecule has 0 aliphatic rings. The molecule has 0 aromatic carbocycles. The van der Waals surface area contributed by atoms with E-state index in [0.29, 0.717) is 23.9 Å². The number of carbonyl (C=O) groups excluding carboxylic acids is 2. The van der Waals surface area contributed by atoms with Gasteiger partial charge in [0.15, 0.2) is 0 Å². The van der Waals surface area contributed by atoms with Gasteiger partial charge in [-0.2, -0.15) is 0 Å². The molecule has 1 amide bonds. The van der Waals surface area contributed by atoms with Crippen LogP contribution < -0.4 is 10.2 Å². The number of amides is 1. The highest BCUT2D eigenvalue weighted by molar-refractivity contribution is 7.45. The molecule has 0 aromatic rings. The maximum absolute atomic E-state index is 13.5. The van der Waals surface area contributed by atoms with E-state index in [4.69, 9.17) is 13.8 Å². The minimum atomic E-state index is -4.72. The highest BCUT2D eigenvalue weighted by Crippen LogP contribution is 2.38. The van der Waals surface area contributed by atoms with Crippen molar-refractivity contribution in [2.45, 2.75) is 251 Å². The van der Waals surface area contributed by atoms with Gasteiger partial charge in [0.1, 0.15) is 19.3 Å². The molecule has 0 rings (SSSR count). The van der Waals surface area contributed by atoms with E-state index in [1.165, 1.54) is 70.6 Å². The summed E-state index contributed by atoms with van der Waals surface area (Å²) in [6.07, 6.45) is 77.4. The summed E-state index contributed by atoms with van der Waals surface area (Å²) in [6, 6.07) is -0.922. The molecule has 0 heterocycles. The van der Waals surface area contributed by atoms with Gasteiger partial charge in [-0.15, -0.1) is 0 Å². The second-order valence-electron chi connectivity index (χ2n) is 21.5. The molecular formula is C67H115N2O7P. The first kappa shape index (κ1) is 73.4. The van der Waals surface area contributed by atoms with E-state index in [9.17, 15) is 19.0 Å². The van der Waals surface area contributed by atoms with Gasteiger partial charge < -0.3 is 28.5 Å². The van der Waals surface area contributed by atoms with Gasteiger partial charge in [0, 0.05) is 12.8 Å². The van der Waals surface area contributed by atoms with Gasteiger partial charge in [0.2, 0.25) is 5.91 Å². The number of phosphoric ester groups is 1. The zero-order valence-corrected chi connectivity index (χ0v) is 51.0. The van der Waals surface area contributed by atoms with Crippen molar-refractivity contribution in [1.82, 2.24) is 5.32 Å². The van der Waals surface area contributed by atoms with Crippen LogP contribution in [0.5, 0.6) is 0 Å². The molecule has 0 fully saturated rings. The Morgan fingerprint density at radius 3 is 1.29 bits per heavy atom. The van der Waals surface area contributed by atoms with E-state index in [1.807, 2.05) is 33.3 Å². The summed E-state index contributed by atoms with van der Waals surface area (Å²) in [6.45, 7) is 6.64. The Kier molecular flexibility index (Phi) is 53.1. The van der Waals surface area contributed by atoms with Crippen molar-refractivity contribution in [3.8, 4) is 0 Å². The molecule has 1 N–H and O–H groups in total. The minimum absolute atomic E-state index is 0.0389. The molecule has 0 saturated heterocycles. The molecule has 0 spiro atoms. The molecule has 0 bridgehead atoms. The molecular weight excluding hydrogens is 976 g/mol. The smallest absolute Gasteiger partial charge is 0.306 e. The normalized spacial score (nSPS) is 14.5. The first-order chi connectivity index (χ1) is 37.4. The number of hydrogen-bond donors (Lipinski definition) is 1. The Hall–Kier alpha value is -3.59. The van der Waals surface area contributed by atoms with Crippen LogP contribution in [0.15, 0.2) is 122 Å². The number of phosphoric acid groups is 1. The summed E-state index contributed by atoms with van der Waals surface area (Å²) in [5.41, 5.74) is 0. The van der Waals surface area contributed by atoms with Crippen LogP contribution in [0, 0.1) is 0 Å². The summed E-state index contributed by atoms with van der Waals surface area (Å²) in [5, 5.41) is 3.00. The molecule has 9 nitrogen and oxygen atoms in total. The highest BCUT2D eigenvalue weighted by Gasteiger charge is 2.27. The number of esters is 1. The third-order valence-electron chi connectivity index (χ3n) is 12.9. The zero-order chi connectivity index (χ0) is 56.4. The summed E-state index contributed by atoms with van der Waals surface area (Å²) in [4.78, 5) is 40.0. The molecule has 77 heavy (non-hydrogen) atoms. The van der Waals surface area contributed by atoms with Crippen LogP contribution in [0.4, 0.5) is 0 Å². The van der Waals surface area contributed by atoms with Crippen LogP contribution in [0.25, 0.3) is 0 Å². The number of rotatable bonds is 54. The summed E-state index contributed by atoms with van der Waals surface area (Å²) in [5.74, 6) is -0.616. The predicted molar refractivity (Wildman–Crippen MR) is 330 cm³/mol. The lowest BCUT2D eigenvalue weighted by Gasteiger charge is -2.30. The number of unbranched alkanes of at least 4 members (excludes halogenated alkanes) is 20. The Morgan fingerprint density at radius 2 is 0.831 bits per heavy atom. The molecule has 0 aromatic heterocycles. The fourth-order valence-electron chi connectivity index (χ4n) is 8.12. The van der Waals surface area contributed by atoms with E-state index in [1.54, 1.807) is 0 Å². The maximum atomic E-state index is 13.5. The van der Waals surface area contributed by atoms with Gasteiger partial charge in [-0.3, -0.25) is 14.2 Å². The van der Waals surface area contributed by atoms with Crippen molar-refractivity contribution in [2.75, 3.05) is 40.9 Å². The number of quaternary nitrogens is 1. The molecule has 0 saturated carbocycles. The summed E-state index contributed by atoms with van der Waals surface area (Å²) in [7, 11) is 1.13. The van der Waals surface area contributed by atoms with E-state index < -0.39 is 32.5 Å². The first-order valence-electron chi connectivity index (χ1n) is 30.8. The van der Waals surface area contributed by atoms with Gasteiger partial charge in [0.05, 0.1) is 33.8 Å². The Bertz CT molecular complexity index is 1730. The predicted octanol–water partition coefficient (Wildman–Crippen LogP) is 18.5. The summed E-state index contributed by atoms with van der Waals surface area (Å²) < 4.78 is 30.2. The van der Waals surface area contributed by atoms with Crippen LogP contribution in [0.2, 0.25) is 0 Å². The van der Waals surface area contributed by atoms with E-state index >= 15 is 0 Å². The van der Waals surface area contributed by atoms with Crippen molar-refractivity contribution < 1.29 is 37.3 Å². The maximum Gasteiger partial charge on any atom is 0.306 e. The van der Waals surface area contributed by atoms with Gasteiger partial charge >= 0.3 is 5.97 Å². The second-order valence-corrected chi connectivity index (χ2v) is 22.9. The molecule has 0 aliphatic heterocycles. The fourth-order valence-corrected chi connectivity index (χ4v) is 8.84. The van der Waals surface area contributed by atoms with Crippen molar-refractivity contribution >= 4 is 19.7 Å². The van der Waals surface area contributed by atoms with E-state index in [0.717, 1.165) is 122 Å². The second kappa shape index (κ2) is 55.7. The molecule has 0 aliphatic carbocycles. The van der Waals surface area contributed by atoms with Crippen molar-refractivity contribution in [1.29, 1.82) is 0 Å². The molecule has 10 heteroatoms. The van der Waals surface area contributed by atoms with Gasteiger partial charge in [-0.25, -0.2) is 0 Å². The standard InChI is InChI=1S/C67H115N2O7P/c1-7-10-13-16-19-22-25-27-29-31-33-34-36-38-40-42-45-48-51-54-57-60-67(71)76-65(58-55-52-49-46-43-24-21-18-15-12-9-3)64(63-75-77(72,73)74-62-61-69(4,5)6)68-66(70)59-56-53-50-47-44-41-39-37-35-32-30-28-26-23-20-17-14-11-8-2/h10,13,19-20,22-23,27-30,33-35,37-38,40,45,48,55,58,64-65H,7-9,11-12,14-18,21,24-26,31-32,36,39,41-44,46-47,49-54,56-57,59-63H2,1-6H3,(H-,68,70,72,73)/b13-10-,22-19-,23-20-,29-27-,30-28-,34-33-,37-35-,40-38-,48-45-,58-55+. The summed E-state index contributed by atoms with van der Waals surface area (Å²) >= 11 is 0. The number of nitrogens with one attached hydrogen (secondary N) is 1. The van der Waals surface area contributed by atoms with Crippen molar-refractivity contribution in [3.63, 3.8) is 0 Å². The highest BCUT2D eigenvalue weighted by atomic mass is 31.2. The lowest BCUT2D eigenvalue weighted by Crippen LogP contribution is -2.47. The number of ether oxygens (including phenoxy) is 1. The Labute approximate surface area is 473 Å².